The summed E-state index contributed by atoms with van der Waals surface area (Å²) in [5.74, 6) is 1.25. The predicted octanol–water partition coefficient (Wildman–Crippen LogP) is 0.672. The minimum Gasteiger partial charge on any atom is -0.461 e. The Morgan fingerprint density at radius 1 is 1.43 bits per heavy atom. The molecule has 0 unspecified atom stereocenters. The molecular weight excluding hydrogens is 184 g/mol. The molecule has 0 aliphatic heterocycles. The van der Waals surface area contributed by atoms with Gasteiger partial charge in [-0.2, -0.15) is 0 Å². The fourth-order valence-electron chi connectivity index (χ4n) is 0.552. The molecule has 0 fully saturated rings. The van der Waals surface area contributed by atoms with E-state index in [1.165, 1.54) is 6.92 Å². The zero-order valence-corrected chi connectivity index (χ0v) is 8.04. The van der Waals surface area contributed by atoms with Gasteiger partial charge in [0.1, 0.15) is 13.2 Å². The molecule has 76 valence electrons. The maximum atomic E-state index is 11.0. The van der Waals surface area contributed by atoms with Crippen LogP contribution < -0.4 is 0 Å². The van der Waals surface area contributed by atoms with E-state index in [0.717, 1.165) is 0 Å². The van der Waals surface area contributed by atoms with Crippen LogP contribution in [0.4, 0.5) is 0 Å². The van der Waals surface area contributed by atoms with Crippen molar-refractivity contribution in [3.05, 3.63) is 12.2 Å². The van der Waals surface area contributed by atoms with Gasteiger partial charge in [0, 0.05) is 13.3 Å². The third-order valence-corrected chi connectivity index (χ3v) is 1.22. The molecule has 0 radical (unpaired) electrons. The van der Waals surface area contributed by atoms with Crippen molar-refractivity contribution >= 4 is 11.9 Å². The van der Waals surface area contributed by atoms with Crippen molar-refractivity contribution < 1.29 is 19.1 Å². The first kappa shape index (κ1) is 12.2. The zero-order chi connectivity index (χ0) is 11.0. The third-order valence-electron chi connectivity index (χ3n) is 1.22. The van der Waals surface area contributed by atoms with E-state index in [2.05, 4.69) is 17.2 Å². The number of esters is 2. The van der Waals surface area contributed by atoms with E-state index < -0.39 is 11.9 Å². The quantitative estimate of drug-likeness (QED) is 0.281. The lowest BCUT2D eigenvalue weighted by atomic mass is 10.3. The van der Waals surface area contributed by atoms with E-state index in [9.17, 15) is 9.59 Å². The van der Waals surface area contributed by atoms with Gasteiger partial charge in [0.15, 0.2) is 0 Å². The van der Waals surface area contributed by atoms with E-state index in [-0.39, 0.29) is 18.8 Å². The minimum atomic E-state index is -0.596. The van der Waals surface area contributed by atoms with E-state index in [1.807, 2.05) is 0 Å². The Morgan fingerprint density at radius 3 is 2.57 bits per heavy atom. The molecule has 0 saturated carbocycles. The van der Waals surface area contributed by atoms with Gasteiger partial charge in [-0.1, -0.05) is 6.58 Å². The molecule has 0 atom stereocenters. The third kappa shape index (κ3) is 5.84. The predicted molar refractivity (Wildman–Crippen MR) is 50.2 cm³/mol. The summed E-state index contributed by atoms with van der Waals surface area (Å²) >= 11 is 0. The molecule has 0 saturated heterocycles. The maximum absolute atomic E-state index is 11.0. The van der Waals surface area contributed by atoms with Gasteiger partial charge < -0.3 is 9.47 Å². The van der Waals surface area contributed by atoms with Crippen LogP contribution >= 0.6 is 0 Å². The Bertz CT molecular complexity index is 272. The summed E-state index contributed by atoms with van der Waals surface area (Å²) in [7, 11) is 0. The Morgan fingerprint density at radius 2 is 2.07 bits per heavy atom. The summed E-state index contributed by atoms with van der Waals surface area (Å²) in [6.45, 7) is 4.65. The van der Waals surface area contributed by atoms with Crippen LogP contribution in [0.1, 0.15) is 13.3 Å². The standard InChI is InChI=1S/C10H12O4/c1-4-5-6-13-10(12)8(2)7-14-9(3)11/h1H,2,5-7H2,3H3. The van der Waals surface area contributed by atoms with Gasteiger partial charge >= 0.3 is 11.9 Å². The number of hydrogen-bond donors (Lipinski definition) is 0. The second-order valence-corrected chi connectivity index (χ2v) is 2.47. The van der Waals surface area contributed by atoms with Gasteiger partial charge in [-0.25, -0.2) is 4.79 Å². The highest BCUT2D eigenvalue weighted by atomic mass is 16.5. The maximum Gasteiger partial charge on any atom is 0.336 e. The molecule has 0 aromatic carbocycles. The van der Waals surface area contributed by atoms with E-state index in [4.69, 9.17) is 11.2 Å². The summed E-state index contributed by atoms with van der Waals surface area (Å²) < 4.78 is 9.26. The van der Waals surface area contributed by atoms with Crippen molar-refractivity contribution in [2.75, 3.05) is 13.2 Å². The number of rotatable bonds is 5. The lowest BCUT2D eigenvalue weighted by molar-refractivity contribution is -0.143. The molecule has 4 nitrogen and oxygen atoms in total. The molecule has 0 aromatic rings. The molecule has 4 heteroatoms. The van der Waals surface area contributed by atoms with E-state index in [0.29, 0.717) is 6.42 Å². The molecule has 14 heavy (non-hydrogen) atoms. The van der Waals surface area contributed by atoms with Crippen LogP contribution in [0.25, 0.3) is 0 Å². The number of ether oxygens (including phenoxy) is 2. The molecule has 0 rings (SSSR count). The number of carbonyl (C=O) groups excluding carboxylic acids is 2. The van der Waals surface area contributed by atoms with Crippen LogP contribution in [0.3, 0.4) is 0 Å². The molecule has 0 amide bonds. The highest BCUT2D eigenvalue weighted by molar-refractivity contribution is 5.88. The van der Waals surface area contributed by atoms with Crippen LogP contribution in [-0.2, 0) is 19.1 Å². The molecular formula is C10H12O4. The lowest BCUT2D eigenvalue weighted by Crippen LogP contribution is -2.13. The Labute approximate surface area is 82.9 Å². The first-order chi connectivity index (χ1) is 6.57. The van der Waals surface area contributed by atoms with Crippen molar-refractivity contribution in [3.8, 4) is 12.3 Å². The zero-order valence-electron chi connectivity index (χ0n) is 8.04. The lowest BCUT2D eigenvalue weighted by Gasteiger charge is -2.05. The Kier molecular flexibility index (Phi) is 5.88. The molecule has 0 heterocycles. The molecule has 0 aliphatic rings. The highest BCUT2D eigenvalue weighted by Crippen LogP contribution is 1.96. The molecule has 0 aromatic heterocycles. The number of terminal acetylenes is 1. The van der Waals surface area contributed by atoms with Gasteiger partial charge in [-0.05, 0) is 0 Å². The van der Waals surface area contributed by atoms with Gasteiger partial charge in [-0.3, -0.25) is 4.79 Å². The van der Waals surface area contributed by atoms with Crippen molar-refractivity contribution in [1.82, 2.24) is 0 Å². The summed E-state index contributed by atoms with van der Waals surface area (Å²) in [4.78, 5) is 21.4. The Hall–Kier alpha value is -1.76. The van der Waals surface area contributed by atoms with E-state index in [1.54, 1.807) is 0 Å². The number of carbonyl (C=O) groups is 2. The molecule has 0 spiro atoms. The van der Waals surface area contributed by atoms with Crippen molar-refractivity contribution in [2.24, 2.45) is 0 Å². The van der Waals surface area contributed by atoms with E-state index >= 15 is 0 Å². The summed E-state index contributed by atoms with van der Waals surface area (Å²) in [5.41, 5.74) is 0.0946. The van der Waals surface area contributed by atoms with Crippen molar-refractivity contribution in [1.29, 1.82) is 0 Å². The minimum absolute atomic E-state index is 0.0946. The summed E-state index contributed by atoms with van der Waals surface area (Å²) in [5, 5.41) is 0. The van der Waals surface area contributed by atoms with Crippen LogP contribution in [0.2, 0.25) is 0 Å². The average molecular weight is 196 g/mol. The smallest absolute Gasteiger partial charge is 0.336 e. The first-order valence-corrected chi connectivity index (χ1v) is 3.99. The Balaban J connectivity index is 3.72. The topological polar surface area (TPSA) is 52.6 Å². The number of hydrogen-bond acceptors (Lipinski definition) is 4. The largest absolute Gasteiger partial charge is 0.461 e. The van der Waals surface area contributed by atoms with Gasteiger partial charge in [-0.15, -0.1) is 12.3 Å². The highest BCUT2D eigenvalue weighted by Gasteiger charge is 2.09. The van der Waals surface area contributed by atoms with Crippen LogP contribution in [0.5, 0.6) is 0 Å². The van der Waals surface area contributed by atoms with Crippen molar-refractivity contribution in [3.63, 3.8) is 0 Å². The van der Waals surface area contributed by atoms with Gasteiger partial charge in [0.05, 0.1) is 5.57 Å². The summed E-state index contributed by atoms with van der Waals surface area (Å²) in [6, 6.07) is 0. The van der Waals surface area contributed by atoms with Crippen LogP contribution in [0, 0.1) is 12.3 Å². The monoisotopic (exact) mass is 196 g/mol. The molecule has 0 bridgehead atoms. The van der Waals surface area contributed by atoms with Gasteiger partial charge in [0.2, 0.25) is 0 Å². The second kappa shape index (κ2) is 6.72. The first-order valence-electron chi connectivity index (χ1n) is 3.99. The fraction of sp³-hybridized carbons (Fsp3) is 0.400. The normalized spacial score (nSPS) is 8.57. The fourth-order valence-corrected chi connectivity index (χ4v) is 0.552. The molecule has 0 N–H and O–H groups in total. The van der Waals surface area contributed by atoms with Crippen molar-refractivity contribution in [2.45, 2.75) is 13.3 Å². The average Bonchev–Trinajstić information content (AvgIpc) is 2.14. The molecule has 0 aliphatic carbocycles. The van der Waals surface area contributed by atoms with Crippen LogP contribution in [-0.4, -0.2) is 25.2 Å². The van der Waals surface area contributed by atoms with Gasteiger partial charge in [0.25, 0.3) is 0 Å². The summed E-state index contributed by atoms with van der Waals surface area (Å²) in [6.07, 6.45) is 5.31. The second-order valence-electron chi connectivity index (χ2n) is 2.47. The SMILES string of the molecule is C#CCCOC(=O)C(=C)COC(C)=O. The van der Waals surface area contributed by atoms with Crippen LogP contribution in [0.15, 0.2) is 12.2 Å².